The summed E-state index contributed by atoms with van der Waals surface area (Å²) in [7, 11) is 0. The van der Waals surface area contributed by atoms with Gasteiger partial charge in [-0.3, -0.25) is 14.8 Å². The molecular weight excluding hydrogens is 294 g/mol. The second kappa shape index (κ2) is 8.43. The molecule has 2 aromatic rings. The van der Waals surface area contributed by atoms with Crippen LogP contribution in [0.1, 0.15) is 22.8 Å². The first-order valence-corrected chi connectivity index (χ1v) is 7.10. The SMILES string of the molecule is C/C(=C\C(=O)OCCNC(=O)c1ccncc1)c1ccncc1. The molecule has 0 aliphatic rings. The van der Waals surface area contributed by atoms with Gasteiger partial charge in [-0.2, -0.15) is 0 Å². The van der Waals surface area contributed by atoms with E-state index in [2.05, 4.69) is 15.3 Å². The van der Waals surface area contributed by atoms with Crippen molar-refractivity contribution in [2.45, 2.75) is 6.92 Å². The number of pyridine rings is 2. The lowest BCUT2D eigenvalue weighted by molar-refractivity contribution is -0.137. The lowest BCUT2D eigenvalue weighted by Crippen LogP contribution is -2.27. The summed E-state index contributed by atoms with van der Waals surface area (Å²) in [5, 5.41) is 2.67. The fraction of sp³-hybridized carbons (Fsp3) is 0.176. The largest absolute Gasteiger partial charge is 0.461 e. The molecule has 0 radical (unpaired) electrons. The molecule has 6 nitrogen and oxygen atoms in total. The monoisotopic (exact) mass is 311 g/mol. The predicted octanol–water partition coefficient (Wildman–Crippen LogP) is 1.85. The third kappa shape index (κ3) is 5.35. The average molecular weight is 311 g/mol. The van der Waals surface area contributed by atoms with E-state index in [1.54, 1.807) is 36.9 Å². The molecule has 0 aromatic carbocycles. The van der Waals surface area contributed by atoms with Crippen LogP contribution in [0, 0.1) is 0 Å². The zero-order valence-electron chi connectivity index (χ0n) is 12.7. The molecule has 118 valence electrons. The second-order valence-electron chi connectivity index (χ2n) is 4.72. The van der Waals surface area contributed by atoms with Crippen LogP contribution in [0.5, 0.6) is 0 Å². The van der Waals surface area contributed by atoms with E-state index in [1.807, 2.05) is 19.1 Å². The highest BCUT2D eigenvalue weighted by molar-refractivity contribution is 5.94. The molecule has 0 atom stereocenters. The number of aromatic nitrogens is 2. The van der Waals surface area contributed by atoms with E-state index < -0.39 is 5.97 Å². The number of carbonyl (C=O) groups excluding carboxylic acids is 2. The number of nitrogens with one attached hydrogen (secondary N) is 1. The van der Waals surface area contributed by atoms with Gasteiger partial charge >= 0.3 is 5.97 Å². The summed E-state index contributed by atoms with van der Waals surface area (Å²) in [5.74, 6) is -0.676. The normalized spacial score (nSPS) is 10.9. The summed E-state index contributed by atoms with van der Waals surface area (Å²) >= 11 is 0. The molecule has 0 spiro atoms. The van der Waals surface area contributed by atoms with E-state index in [0.29, 0.717) is 5.56 Å². The van der Waals surface area contributed by atoms with Crippen LogP contribution in [0.15, 0.2) is 55.1 Å². The first kappa shape index (κ1) is 16.4. The van der Waals surface area contributed by atoms with Crippen LogP contribution >= 0.6 is 0 Å². The van der Waals surface area contributed by atoms with Gasteiger partial charge in [0.25, 0.3) is 5.91 Å². The minimum atomic E-state index is -0.447. The van der Waals surface area contributed by atoms with Crippen molar-refractivity contribution in [3.05, 3.63) is 66.3 Å². The van der Waals surface area contributed by atoms with Crippen LogP contribution in [0.4, 0.5) is 0 Å². The molecule has 0 aliphatic carbocycles. The average Bonchev–Trinajstić information content (AvgIpc) is 2.60. The summed E-state index contributed by atoms with van der Waals surface area (Å²) in [4.78, 5) is 31.2. The van der Waals surface area contributed by atoms with Crippen LogP contribution in [0.25, 0.3) is 5.57 Å². The minimum absolute atomic E-state index is 0.107. The number of hydrogen-bond donors (Lipinski definition) is 1. The van der Waals surface area contributed by atoms with Crippen molar-refractivity contribution in [2.24, 2.45) is 0 Å². The molecule has 0 saturated carbocycles. The molecule has 0 saturated heterocycles. The van der Waals surface area contributed by atoms with E-state index in [1.165, 1.54) is 6.08 Å². The Kier molecular flexibility index (Phi) is 5.99. The number of ether oxygens (including phenoxy) is 1. The lowest BCUT2D eigenvalue weighted by atomic mass is 10.1. The molecule has 6 heteroatoms. The zero-order valence-corrected chi connectivity index (χ0v) is 12.7. The molecule has 1 amide bonds. The van der Waals surface area contributed by atoms with Crippen molar-refractivity contribution in [2.75, 3.05) is 13.2 Å². The molecule has 2 rings (SSSR count). The lowest BCUT2D eigenvalue weighted by Gasteiger charge is -2.06. The van der Waals surface area contributed by atoms with Gasteiger partial charge in [-0.1, -0.05) is 0 Å². The van der Waals surface area contributed by atoms with Crippen LogP contribution in [-0.2, 0) is 9.53 Å². The Morgan fingerprint density at radius 3 is 2.22 bits per heavy atom. The fourth-order valence-electron chi connectivity index (χ4n) is 1.84. The van der Waals surface area contributed by atoms with Crippen LogP contribution in [-0.4, -0.2) is 35.0 Å². The Bertz CT molecular complexity index is 685. The van der Waals surface area contributed by atoms with Crippen molar-refractivity contribution < 1.29 is 14.3 Å². The van der Waals surface area contributed by atoms with Crippen LogP contribution in [0.2, 0.25) is 0 Å². The molecule has 2 aromatic heterocycles. The number of hydrogen-bond acceptors (Lipinski definition) is 5. The number of allylic oxidation sites excluding steroid dienone is 1. The van der Waals surface area contributed by atoms with Crippen molar-refractivity contribution in [1.82, 2.24) is 15.3 Å². The Balaban J connectivity index is 1.74. The highest BCUT2D eigenvalue weighted by Crippen LogP contribution is 2.11. The standard InChI is InChI=1S/C17H17N3O3/c1-13(14-2-6-18-7-3-14)12-16(21)23-11-10-20-17(22)15-4-8-19-9-5-15/h2-9,12H,10-11H2,1H3,(H,20,22)/b13-12+. The number of carbonyl (C=O) groups is 2. The van der Waals surface area contributed by atoms with Crippen molar-refractivity contribution in [3.8, 4) is 0 Å². The Hall–Kier alpha value is -3.02. The maximum absolute atomic E-state index is 11.8. The topological polar surface area (TPSA) is 81.2 Å². The van der Waals surface area contributed by atoms with Crippen LogP contribution in [0.3, 0.4) is 0 Å². The van der Waals surface area contributed by atoms with E-state index >= 15 is 0 Å². The van der Waals surface area contributed by atoms with E-state index in [0.717, 1.165) is 11.1 Å². The van der Waals surface area contributed by atoms with Gasteiger partial charge in [-0.05, 0) is 42.3 Å². The van der Waals surface area contributed by atoms with Crippen molar-refractivity contribution in [1.29, 1.82) is 0 Å². The third-order valence-corrected chi connectivity index (χ3v) is 3.04. The second-order valence-corrected chi connectivity index (χ2v) is 4.72. The van der Waals surface area contributed by atoms with Gasteiger partial charge in [-0.25, -0.2) is 4.79 Å². The first-order valence-electron chi connectivity index (χ1n) is 7.10. The van der Waals surface area contributed by atoms with Gasteiger partial charge in [0.15, 0.2) is 0 Å². The number of amides is 1. The van der Waals surface area contributed by atoms with Crippen LogP contribution < -0.4 is 5.32 Å². The Labute approximate surface area is 134 Å². The fourth-order valence-corrected chi connectivity index (χ4v) is 1.84. The number of esters is 1. The molecular formula is C17H17N3O3. The summed E-state index contributed by atoms with van der Waals surface area (Å²) in [5.41, 5.74) is 2.21. The quantitative estimate of drug-likeness (QED) is 0.500. The molecule has 0 aliphatic heterocycles. The molecule has 0 unspecified atom stereocenters. The molecule has 2 heterocycles. The highest BCUT2D eigenvalue weighted by Gasteiger charge is 2.05. The highest BCUT2D eigenvalue weighted by atomic mass is 16.5. The molecule has 23 heavy (non-hydrogen) atoms. The van der Waals surface area contributed by atoms with Gasteiger partial charge in [0, 0.05) is 36.4 Å². The molecule has 0 bridgehead atoms. The number of rotatable bonds is 6. The van der Waals surface area contributed by atoms with Gasteiger partial charge < -0.3 is 10.1 Å². The van der Waals surface area contributed by atoms with Crippen molar-refractivity contribution in [3.63, 3.8) is 0 Å². The van der Waals surface area contributed by atoms with Gasteiger partial charge in [-0.15, -0.1) is 0 Å². The number of nitrogens with zero attached hydrogens (tertiary/aromatic N) is 2. The van der Waals surface area contributed by atoms with E-state index in [-0.39, 0.29) is 19.1 Å². The summed E-state index contributed by atoms with van der Waals surface area (Å²) in [6.45, 7) is 2.17. The van der Waals surface area contributed by atoms with Gasteiger partial charge in [0.05, 0.1) is 6.54 Å². The first-order chi connectivity index (χ1) is 11.2. The predicted molar refractivity (Wildman–Crippen MR) is 85.4 cm³/mol. The van der Waals surface area contributed by atoms with Crippen molar-refractivity contribution >= 4 is 17.4 Å². The summed E-state index contributed by atoms with van der Waals surface area (Å²) in [6, 6.07) is 6.85. The Morgan fingerprint density at radius 1 is 1.04 bits per heavy atom. The summed E-state index contributed by atoms with van der Waals surface area (Å²) < 4.78 is 5.06. The van der Waals surface area contributed by atoms with Gasteiger partial charge in [0.2, 0.25) is 0 Å². The smallest absolute Gasteiger partial charge is 0.331 e. The molecule has 0 fully saturated rings. The molecule has 1 N–H and O–H groups in total. The van der Waals surface area contributed by atoms with E-state index in [4.69, 9.17) is 4.74 Å². The maximum Gasteiger partial charge on any atom is 0.331 e. The zero-order chi connectivity index (χ0) is 16.5. The maximum atomic E-state index is 11.8. The minimum Gasteiger partial charge on any atom is -0.461 e. The van der Waals surface area contributed by atoms with Gasteiger partial charge in [0.1, 0.15) is 6.61 Å². The van der Waals surface area contributed by atoms with E-state index in [9.17, 15) is 9.59 Å². The third-order valence-electron chi connectivity index (χ3n) is 3.04. The summed E-state index contributed by atoms with van der Waals surface area (Å²) in [6.07, 6.45) is 7.82. The Morgan fingerprint density at radius 2 is 1.61 bits per heavy atom.